The van der Waals surface area contributed by atoms with Gasteiger partial charge in [-0.15, -0.1) is 6.58 Å². The Hall–Kier alpha value is -0.259. The molecule has 20 heavy (non-hydrogen) atoms. The molecule has 0 aromatic carbocycles. The number of carboxylic acids is 1. The lowest BCUT2D eigenvalue weighted by Crippen LogP contribution is -2.63. The fraction of sp³-hybridized carbons (Fsp3) is 0.750. The fourth-order valence-electron chi connectivity index (χ4n) is 1.60. The van der Waals surface area contributed by atoms with Crippen molar-refractivity contribution in [2.75, 3.05) is 6.61 Å². The van der Waals surface area contributed by atoms with Crippen LogP contribution in [0.1, 0.15) is 6.42 Å². The van der Waals surface area contributed by atoms with Gasteiger partial charge in [0.25, 0.3) is 0 Å². The van der Waals surface area contributed by atoms with Crippen LogP contribution in [0.15, 0.2) is 12.7 Å². The van der Waals surface area contributed by atoms with Crippen molar-refractivity contribution >= 4 is 30.0 Å². The minimum absolute atomic E-state index is 0.166. The maximum atomic E-state index is 10.7. The van der Waals surface area contributed by atoms with Gasteiger partial charge >= 0.3 is 5.97 Å². The van der Waals surface area contributed by atoms with Gasteiger partial charge in [-0.2, -0.15) is 0 Å². The molecule has 0 aromatic heterocycles. The Balaban J connectivity index is 4.67. The van der Waals surface area contributed by atoms with Gasteiger partial charge in [-0.1, -0.05) is 6.08 Å². The summed E-state index contributed by atoms with van der Waals surface area (Å²) in [6.07, 6.45) is 1.81. The first-order valence-electron chi connectivity index (χ1n) is 6.77. The third-order valence-corrected chi connectivity index (χ3v) is 22.4. The zero-order valence-corrected chi connectivity index (χ0v) is 16.5. The van der Waals surface area contributed by atoms with Crippen LogP contribution in [0.4, 0.5) is 0 Å². The number of rotatable bonds is 10. The van der Waals surface area contributed by atoms with Crippen molar-refractivity contribution in [1.82, 2.24) is 0 Å². The van der Waals surface area contributed by atoms with Crippen LogP contribution in [0, 0.1) is 0 Å². The normalized spacial score (nSPS) is 13.3. The van der Waals surface area contributed by atoms with Crippen LogP contribution in [0.2, 0.25) is 45.3 Å². The molecule has 5 nitrogen and oxygen atoms in total. The summed E-state index contributed by atoms with van der Waals surface area (Å²) in [6.45, 7) is 16.5. The monoisotopic (exact) mass is 336 g/mol. The summed E-state index contributed by atoms with van der Waals surface area (Å²) in [4.78, 5) is 15.9. The van der Waals surface area contributed by atoms with E-state index < -0.39 is 30.0 Å². The summed E-state index contributed by atoms with van der Waals surface area (Å²) in [5.41, 5.74) is 0. The number of aliphatic carboxylic acids is 1. The molecule has 0 aliphatic heterocycles. The molecule has 0 heterocycles. The predicted molar refractivity (Wildman–Crippen MR) is 87.8 cm³/mol. The Kier molecular flexibility index (Phi) is 7.57. The molecular weight excluding hydrogens is 308 g/mol. The van der Waals surface area contributed by atoms with E-state index in [1.807, 2.05) is 0 Å². The first-order valence-corrected chi connectivity index (χ1v) is 16.7. The SMILES string of the molecule is C=CCOO[Si](C)(C)[Si](C)(C)O[Si](C)(C)CCC(=O)O. The van der Waals surface area contributed by atoms with E-state index in [1.165, 1.54) is 0 Å². The second-order valence-corrected chi connectivity index (χ2v) is 24.7. The Morgan fingerprint density at radius 1 is 1.15 bits per heavy atom. The second kappa shape index (κ2) is 7.66. The zero-order chi connectivity index (χ0) is 16.0. The molecule has 0 fully saturated rings. The quantitative estimate of drug-likeness (QED) is 0.218. The van der Waals surface area contributed by atoms with Gasteiger partial charge in [-0.3, -0.25) is 9.37 Å². The Morgan fingerprint density at radius 3 is 2.15 bits per heavy atom. The predicted octanol–water partition coefficient (Wildman–Crippen LogP) is 3.31. The van der Waals surface area contributed by atoms with Crippen molar-refractivity contribution in [2.45, 2.75) is 51.7 Å². The maximum Gasteiger partial charge on any atom is 0.303 e. The van der Waals surface area contributed by atoms with Crippen molar-refractivity contribution < 1.29 is 23.5 Å². The highest BCUT2D eigenvalue weighted by Crippen LogP contribution is 2.28. The molecule has 0 amide bonds. The molecule has 0 saturated heterocycles. The zero-order valence-electron chi connectivity index (χ0n) is 13.5. The Morgan fingerprint density at radius 2 is 1.70 bits per heavy atom. The van der Waals surface area contributed by atoms with E-state index in [-0.39, 0.29) is 6.42 Å². The van der Waals surface area contributed by atoms with Gasteiger partial charge in [0.05, 0.1) is 6.61 Å². The van der Waals surface area contributed by atoms with Crippen molar-refractivity contribution in [1.29, 1.82) is 0 Å². The van der Waals surface area contributed by atoms with E-state index in [9.17, 15) is 4.79 Å². The van der Waals surface area contributed by atoms with Gasteiger partial charge in [0.15, 0.2) is 16.2 Å². The average Bonchev–Trinajstić information content (AvgIpc) is 2.25. The molecule has 0 rings (SSSR count). The summed E-state index contributed by atoms with van der Waals surface area (Å²) in [7, 11) is -6.16. The lowest BCUT2D eigenvalue weighted by atomic mass is 10.5. The van der Waals surface area contributed by atoms with Crippen molar-refractivity contribution in [2.24, 2.45) is 0 Å². The molecule has 8 heteroatoms. The topological polar surface area (TPSA) is 65.0 Å². The standard InChI is InChI=1S/C12H28O5Si3/c1-8-10-15-16-19(4,5)20(6,7)17-18(2,3)11-9-12(13)14/h8H,1,9-11H2,2-7H3,(H,13,14). The summed E-state index contributed by atoms with van der Waals surface area (Å²) in [6, 6.07) is 0.622. The molecule has 0 radical (unpaired) electrons. The number of hydrogen-bond acceptors (Lipinski definition) is 4. The minimum atomic E-state index is -2.10. The highest BCUT2D eigenvalue weighted by atomic mass is 29.3. The van der Waals surface area contributed by atoms with E-state index >= 15 is 0 Å². The third kappa shape index (κ3) is 6.95. The van der Waals surface area contributed by atoms with Crippen LogP contribution in [0.5, 0.6) is 0 Å². The number of carboxylic acid groups (broad SMARTS) is 1. The molecule has 0 bridgehead atoms. The molecule has 0 saturated carbocycles. The average molecular weight is 337 g/mol. The Labute approximate surface area is 125 Å². The number of carbonyl (C=O) groups is 1. The van der Waals surface area contributed by atoms with E-state index in [4.69, 9.17) is 18.7 Å². The molecule has 1 N–H and O–H groups in total. The van der Waals surface area contributed by atoms with Crippen LogP contribution in [0.25, 0.3) is 0 Å². The molecule has 0 aromatic rings. The molecule has 118 valence electrons. The van der Waals surface area contributed by atoms with Crippen molar-refractivity contribution in [3.8, 4) is 0 Å². The molecule has 0 atom stereocenters. The molecule has 0 unspecified atom stereocenters. The summed E-state index contributed by atoms with van der Waals surface area (Å²) >= 11 is 0. The van der Waals surface area contributed by atoms with Gasteiger partial charge < -0.3 is 9.22 Å². The van der Waals surface area contributed by atoms with Crippen LogP contribution in [0.3, 0.4) is 0 Å². The molecule has 0 aliphatic carbocycles. The summed E-state index contributed by atoms with van der Waals surface area (Å²) < 4.78 is 12.0. The largest absolute Gasteiger partial charge is 0.481 e. The highest BCUT2D eigenvalue weighted by molar-refractivity contribution is 7.36. The molecule has 0 spiro atoms. The van der Waals surface area contributed by atoms with Crippen LogP contribution < -0.4 is 0 Å². The van der Waals surface area contributed by atoms with Crippen LogP contribution >= 0.6 is 0 Å². The van der Waals surface area contributed by atoms with Crippen LogP contribution in [-0.2, 0) is 18.4 Å². The van der Waals surface area contributed by atoms with Gasteiger partial charge in [0, 0.05) is 6.42 Å². The van der Waals surface area contributed by atoms with Crippen molar-refractivity contribution in [3.05, 3.63) is 12.7 Å². The van der Waals surface area contributed by atoms with Crippen LogP contribution in [-0.4, -0.2) is 41.7 Å². The molecule has 0 aliphatic rings. The van der Waals surface area contributed by atoms with E-state index in [2.05, 4.69) is 45.9 Å². The fourth-order valence-corrected chi connectivity index (χ4v) is 15.4. The van der Waals surface area contributed by atoms with Gasteiger partial charge in [0.2, 0.25) is 7.83 Å². The second-order valence-electron chi connectivity index (χ2n) is 6.43. The van der Waals surface area contributed by atoms with Crippen molar-refractivity contribution in [3.63, 3.8) is 0 Å². The number of hydrogen-bond donors (Lipinski definition) is 1. The maximum absolute atomic E-state index is 10.7. The first kappa shape index (κ1) is 19.7. The highest BCUT2D eigenvalue weighted by Gasteiger charge is 2.49. The van der Waals surface area contributed by atoms with Gasteiger partial charge in [-0.25, -0.2) is 4.89 Å². The third-order valence-electron chi connectivity index (χ3n) is 3.38. The first-order chi connectivity index (χ1) is 8.93. The minimum Gasteiger partial charge on any atom is -0.481 e. The van der Waals surface area contributed by atoms with E-state index in [0.29, 0.717) is 12.7 Å². The summed E-state index contributed by atoms with van der Waals surface area (Å²) in [5, 5.41) is 8.81. The Bertz CT molecular complexity index is 342. The lowest BCUT2D eigenvalue weighted by Gasteiger charge is -2.41. The van der Waals surface area contributed by atoms with E-state index in [1.54, 1.807) is 6.08 Å². The van der Waals surface area contributed by atoms with Gasteiger partial charge in [0.1, 0.15) is 0 Å². The van der Waals surface area contributed by atoms with E-state index in [0.717, 1.165) is 0 Å². The molecular formula is C12H28O5Si3. The summed E-state index contributed by atoms with van der Waals surface area (Å²) in [5.74, 6) is -0.768. The smallest absolute Gasteiger partial charge is 0.303 e. The lowest BCUT2D eigenvalue weighted by molar-refractivity contribution is -0.204. The van der Waals surface area contributed by atoms with Gasteiger partial charge in [-0.05, 0) is 45.3 Å².